The van der Waals surface area contributed by atoms with Crippen LogP contribution in [0.2, 0.25) is 0 Å². The Hall–Kier alpha value is -1.67. The van der Waals surface area contributed by atoms with E-state index in [2.05, 4.69) is 5.32 Å². The van der Waals surface area contributed by atoms with Crippen LogP contribution in [0, 0.1) is 5.92 Å². The number of β-lactam (4-membered cyclic amide) rings is 1. The molecule has 0 aromatic rings. The molecule has 0 bridgehead atoms. The average molecular weight is 299 g/mol. The smallest absolute Gasteiger partial charge is 0.325 e. The first-order valence-corrected chi connectivity index (χ1v) is 7.02. The standard InChI is InChI=1S/C13H21N3O5/c1-7(2)12(14)13(19)15-4-11(18)20-6-8-5-16-9(17)3-10(16)21-8/h7-8,10,12H,3-6,14H2,1-2H3,(H,15,19). The quantitative estimate of drug-likeness (QED) is 0.460. The number of nitrogens with one attached hydrogen (secondary N) is 1. The molecule has 118 valence electrons. The van der Waals surface area contributed by atoms with Crippen molar-refractivity contribution in [2.45, 2.75) is 38.6 Å². The zero-order chi connectivity index (χ0) is 15.6. The predicted octanol–water partition coefficient (Wildman–Crippen LogP) is -1.41. The number of rotatable bonds is 6. The van der Waals surface area contributed by atoms with Crippen molar-refractivity contribution < 1.29 is 23.9 Å². The molecule has 0 spiro atoms. The minimum absolute atomic E-state index is 0.00466. The van der Waals surface area contributed by atoms with Crippen LogP contribution in [0.15, 0.2) is 0 Å². The van der Waals surface area contributed by atoms with E-state index in [0.29, 0.717) is 13.0 Å². The highest BCUT2D eigenvalue weighted by Crippen LogP contribution is 2.28. The fourth-order valence-corrected chi connectivity index (χ4v) is 2.16. The Balaban J connectivity index is 1.62. The summed E-state index contributed by atoms with van der Waals surface area (Å²) in [5.74, 6) is -0.879. The molecule has 0 aromatic heterocycles. The van der Waals surface area contributed by atoms with E-state index >= 15 is 0 Å². The van der Waals surface area contributed by atoms with Crippen molar-refractivity contribution in [2.75, 3.05) is 19.7 Å². The van der Waals surface area contributed by atoms with Crippen LogP contribution in [0.4, 0.5) is 0 Å². The van der Waals surface area contributed by atoms with Crippen LogP contribution in [0.5, 0.6) is 0 Å². The molecule has 8 heteroatoms. The van der Waals surface area contributed by atoms with E-state index in [-0.39, 0.29) is 43.2 Å². The largest absolute Gasteiger partial charge is 0.462 e. The molecule has 0 saturated carbocycles. The van der Waals surface area contributed by atoms with Gasteiger partial charge in [0.05, 0.1) is 19.0 Å². The lowest BCUT2D eigenvalue weighted by Gasteiger charge is -2.31. The Morgan fingerprint density at radius 3 is 2.81 bits per heavy atom. The molecule has 3 atom stereocenters. The first-order valence-electron chi connectivity index (χ1n) is 7.02. The van der Waals surface area contributed by atoms with Crippen molar-refractivity contribution in [1.82, 2.24) is 10.2 Å². The molecule has 8 nitrogen and oxygen atoms in total. The third-order valence-corrected chi connectivity index (χ3v) is 3.63. The van der Waals surface area contributed by atoms with Crippen LogP contribution in [-0.4, -0.2) is 60.8 Å². The second kappa shape index (κ2) is 6.40. The van der Waals surface area contributed by atoms with Crippen LogP contribution < -0.4 is 11.1 Å². The lowest BCUT2D eigenvalue weighted by Crippen LogP contribution is -2.48. The van der Waals surface area contributed by atoms with Gasteiger partial charge in [-0.2, -0.15) is 0 Å². The van der Waals surface area contributed by atoms with E-state index in [1.54, 1.807) is 4.90 Å². The third kappa shape index (κ3) is 3.70. The number of amides is 2. The van der Waals surface area contributed by atoms with E-state index in [1.807, 2.05) is 13.8 Å². The summed E-state index contributed by atoms with van der Waals surface area (Å²) in [6.45, 7) is 3.94. The Morgan fingerprint density at radius 1 is 1.52 bits per heavy atom. The Kier molecular flexibility index (Phi) is 4.79. The average Bonchev–Trinajstić information content (AvgIpc) is 2.78. The summed E-state index contributed by atoms with van der Waals surface area (Å²) in [7, 11) is 0. The van der Waals surface area contributed by atoms with Crippen LogP contribution in [-0.2, 0) is 23.9 Å². The van der Waals surface area contributed by atoms with Crippen molar-refractivity contribution in [1.29, 1.82) is 0 Å². The first-order chi connectivity index (χ1) is 9.88. The number of carbonyl (C=O) groups is 3. The molecule has 2 fully saturated rings. The summed E-state index contributed by atoms with van der Waals surface area (Å²) in [6.07, 6.45) is -0.0582. The van der Waals surface area contributed by atoms with Crippen molar-refractivity contribution in [3.05, 3.63) is 0 Å². The van der Waals surface area contributed by atoms with E-state index in [0.717, 1.165) is 0 Å². The minimum Gasteiger partial charge on any atom is -0.462 e. The van der Waals surface area contributed by atoms with Crippen LogP contribution in [0.3, 0.4) is 0 Å². The molecular weight excluding hydrogens is 278 g/mol. The molecule has 2 aliphatic heterocycles. The molecule has 2 saturated heterocycles. The van der Waals surface area contributed by atoms with Gasteiger partial charge in [-0.3, -0.25) is 14.4 Å². The lowest BCUT2D eigenvalue weighted by molar-refractivity contribution is -0.159. The maximum absolute atomic E-state index is 11.6. The molecule has 0 aromatic carbocycles. The van der Waals surface area contributed by atoms with Gasteiger partial charge in [0.15, 0.2) is 0 Å². The molecule has 0 aliphatic carbocycles. The van der Waals surface area contributed by atoms with Gasteiger partial charge in [-0.15, -0.1) is 0 Å². The van der Waals surface area contributed by atoms with Gasteiger partial charge < -0.3 is 25.4 Å². The van der Waals surface area contributed by atoms with Crippen molar-refractivity contribution >= 4 is 17.8 Å². The van der Waals surface area contributed by atoms with Gasteiger partial charge in [0.2, 0.25) is 11.8 Å². The van der Waals surface area contributed by atoms with Crippen LogP contribution in [0.25, 0.3) is 0 Å². The zero-order valence-corrected chi connectivity index (χ0v) is 12.2. The Labute approximate surface area is 122 Å². The molecule has 21 heavy (non-hydrogen) atoms. The summed E-state index contributed by atoms with van der Waals surface area (Å²) < 4.78 is 10.5. The maximum atomic E-state index is 11.6. The van der Waals surface area contributed by atoms with Gasteiger partial charge in [0, 0.05) is 0 Å². The molecule has 3 unspecified atom stereocenters. The molecule has 2 rings (SSSR count). The van der Waals surface area contributed by atoms with Crippen LogP contribution in [0.1, 0.15) is 20.3 Å². The maximum Gasteiger partial charge on any atom is 0.325 e. The first kappa shape index (κ1) is 15.7. The SMILES string of the molecule is CC(C)C(N)C(=O)NCC(=O)OCC1CN2C(=O)CC2O1. The monoisotopic (exact) mass is 299 g/mol. The van der Waals surface area contributed by atoms with Gasteiger partial charge in [-0.05, 0) is 5.92 Å². The molecule has 2 heterocycles. The number of ether oxygens (including phenoxy) is 2. The number of fused-ring (bicyclic) bond motifs is 1. The number of esters is 1. The number of nitrogens with zero attached hydrogens (tertiary/aromatic N) is 1. The van der Waals surface area contributed by atoms with Gasteiger partial charge >= 0.3 is 5.97 Å². The molecule has 3 N–H and O–H groups in total. The van der Waals surface area contributed by atoms with Gasteiger partial charge in [-0.25, -0.2) is 0 Å². The lowest BCUT2D eigenvalue weighted by atomic mass is 10.1. The third-order valence-electron chi connectivity index (χ3n) is 3.63. The van der Waals surface area contributed by atoms with Gasteiger partial charge in [0.1, 0.15) is 25.5 Å². The zero-order valence-electron chi connectivity index (χ0n) is 12.2. The van der Waals surface area contributed by atoms with E-state index in [4.69, 9.17) is 15.2 Å². The van der Waals surface area contributed by atoms with E-state index in [1.165, 1.54) is 0 Å². The predicted molar refractivity (Wildman–Crippen MR) is 71.8 cm³/mol. The summed E-state index contributed by atoms with van der Waals surface area (Å²) in [4.78, 5) is 35.9. The highest BCUT2D eigenvalue weighted by atomic mass is 16.6. The van der Waals surface area contributed by atoms with Crippen LogP contribution >= 0.6 is 0 Å². The van der Waals surface area contributed by atoms with Crippen molar-refractivity contribution in [2.24, 2.45) is 11.7 Å². The molecule has 2 amide bonds. The number of hydrogen-bond donors (Lipinski definition) is 2. The normalized spacial score (nSPS) is 25.3. The van der Waals surface area contributed by atoms with E-state index in [9.17, 15) is 14.4 Å². The second-order valence-electron chi connectivity index (χ2n) is 5.63. The highest BCUT2D eigenvalue weighted by molar-refractivity contribution is 5.85. The van der Waals surface area contributed by atoms with Crippen molar-refractivity contribution in [3.63, 3.8) is 0 Å². The number of carbonyl (C=O) groups excluding carboxylic acids is 3. The second-order valence-corrected chi connectivity index (χ2v) is 5.63. The Morgan fingerprint density at radius 2 is 2.24 bits per heavy atom. The molecule has 2 aliphatic rings. The molecule has 0 radical (unpaired) electrons. The van der Waals surface area contributed by atoms with Gasteiger partial charge in [0.25, 0.3) is 0 Å². The van der Waals surface area contributed by atoms with Gasteiger partial charge in [-0.1, -0.05) is 13.8 Å². The summed E-state index contributed by atoms with van der Waals surface area (Å²) in [5.41, 5.74) is 5.65. The van der Waals surface area contributed by atoms with Crippen molar-refractivity contribution in [3.8, 4) is 0 Å². The molecular formula is C13H21N3O5. The Bertz CT molecular complexity index is 440. The number of hydrogen-bond acceptors (Lipinski definition) is 6. The summed E-state index contributed by atoms with van der Waals surface area (Å²) in [6, 6.07) is -0.648. The summed E-state index contributed by atoms with van der Waals surface area (Å²) in [5, 5.41) is 2.43. The fourth-order valence-electron chi connectivity index (χ4n) is 2.16. The fraction of sp³-hybridized carbons (Fsp3) is 0.769. The van der Waals surface area contributed by atoms with E-state index < -0.39 is 12.0 Å². The summed E-state index contributed by atoms with van der Waals surface area (Å²) >= 11 is 0. The number of nitrogens with two attached hydrogens (primary N) is 1. The topological polar surface area (TPSA) is 111 Å². The minimum atomic E-state index is -0.648. The highest BCUT2D eigenvalue weighted by Gasteiger charge is 2.45.